The predicted octanol–water partition coefficient (Wildman–Crippen LogP) is 2.69. The lowest BCUT2D eigenvalue weighted by molar-refractivity contribution is 0.0775. The van der Waals surface area contributed by atoms with Crippen LogP contribution < -0.4 is 0 Å². The van der Waals surface area contributed by atoms with Crippen LogP contribution in [0, 0.1) is 0 Å². The lowest BCUT2D eigenvalue weighted by Gasteiger charge is -2.21. The molecule has 1 fully saturated rings. The van der Waals surface area contributed by atoms with Crippen LogP contribution in [0.2, 0.25) is 0 Å². The molecule has 29 heavy (non-hydrogen) atoms. The van der Waals surface area contributed by atoms with Crippen LogP contribution in [0.3, 0.4) is 0 Å². The number of likely N-dealkylation sites (N-methyl/N-ethyl adjacent to an activating group) is 1. The molecular weight excluding hydrogens is 364 g/mol. The van der Waals surface area contributed by atoms with Crippen LogP contribution in [-0.2, 0) is 7.05 Å². The molecule has 3 aromatic heterocycles. The molecule has 4 aromatic rings. The normalized spacial score (nSPS) is 17.1. The lowest BCUT2D eigenvalue weighted by atomic mass is 10.2. The summed E-state index contributed by atoms with van der Waals surface area (Å²) in [6, 6.07) is 12.4. The molecule has 0 unspecified atom stereocenters. The van der Waals surface area contributed by atoms with Gasteiger partial charge in [0.1, 0.15) is 5.69 Å². The Bertz CT molecular complexity index is 1210. The first kappa shape index (κ1) is 17.9. The minimum Gasteiger partial charge on any atom is -0.342 e. The molecule has 1 atom stereocenters. The summed E-state index contributed by atoms with van der Waals surface area (Å²) >= 11 is 0. The van der Waals surface area contributed by atoms with E-state index in [0.29, 0.717) is 17.7 Å². The molecule has 148 valence electrons. The van der Waals surface area contributed by atoms with E-state index < -0.39 is 0 Å². The Morgan fingerprint density at radius 2 is 1.86 bits per heavy atom. The van der Waals surface area contributed by atoms with Gasteiger partial charge in [0.2, 0.25) is 5.95 Å². The molecule has 1 amide bonds. The number of carbonyl (C=O) groups excluding carboxylic acids is 1. The monoisotopic (exact) mass is 388 g/mol. The minimum atomic E-state index is 0.0297. The maximum Gasteiger partial charge on any atom is 0.271 e. The first-order chi connectivity index (χ1) is 14.1. The molecule has 4 heterocycles. The number of hydrogen-bond acceptors (Lipinski definition) is 4. The molecule has 0 radical (unpaired) electrons. The third-order valence-electron chi connectivity index (χ3n) is 6.01. The Morgan fingerprint density at radius 3 is 2.59 bits per heavy atom. The predicted molar refractivity (Wildman–Crippen MR) is 113 cm³/mol. The van der Waals surface area contributed by atoms with E-state index in [0.717, 1.165) is 41.4 Å². The number of para-hydroxylation sites is 1. The van der Waals surface area contributed by atoms with Crippen molar-refractivity contribution in [2.45, 2.75) is 12.5 Å². The van der Waals surface area contributed by atoms with Gasteiger partial charge in [-0.25, -0.2) is 9.97 Å². The zero-order chi connectivity index (χ0) is 20.1. The second kappa shape index (κ2) is 6.70. The molecular formula is C22H24N6O. The van der Waals surface area contributed by atoms with Gasteiger partial charge in [-0.2, -0.15) is 0 Å². The number of hydrogen-bond donors (Lipinski definition) is 0. The highest BCUT2D eigenvalue weighted by Gasteiger charge is 2.31. The first-order valence-corrected chi connectivity index (χ1v) is 9.88. The molecule has 1 saturated heterocycles. The van der Waals surface area contributed by atoms with Gasteiger partial charge in [0.15, 0.2) is 0 Å². The Morgan fingerprint density at radius 1 is 1.10 bits per heavy atom. The smallest absolute Gasteiger partial charge is 0.271 e. The van der Waals surface area contributed by atoms with Gasteiger partial charge in [0, 0.05) is 44.0 Å². The summed E-state index contributed by atoms with van der Waals surface area (Å²) in [5.74, 6) is 0.549. The summed E-state index contributed by atoms with van der Waals surface area (Å²) in [6.45, 7) is 1.50. The number of fused-ring (bicyclic) bond motifs is 3. The molecule has 0 bridgehead atoms. The zero-order valence-electron chi connectivity index (χ0n) is 16.9. The third kappa shape index (κ3) is 2.73. The van der Waals surface area contributed by atoms with Crippen molar-refractivity contribution >= 4 is 27.8 Å². The highest BCUT2D eigenvalue weighted by molar-refractivity contribution is 6.10. The van der Waals surface area contributed by atoms with Crippen LogP contribution in [0.15, 0.2) is 48.8 Å². The molecule has 5 rings (SSSR count). The quantitative estimate of drug-likeness (QED) is 0.541. The third-order valence-corrected chi connectivity index (χ3v) is 6.01. The first-order valence-electron chi connectivity index (χ1n) is 9.88. The molecule has 0 spiro atoms. The average Bonchev–Trinajstić information content (AvgIpc) is 3.44. The van der Waals surface area contributed by atoms with Crippen LogP contribution in [0.5, 0.6) is 0 Å². The van der Waals surface area contributed by atoms with Crippen molar-refractivity contribution in [3.63, 3.8) is 0 Å². The van der Waals surface area contributed by atoms with Crippen molar-refractivity contribution in [1.29, 1.82) is 0 Å². The van der Waals surface area contributed by atoms with Gasteiger partial charge in [-0.15, -0.1) is 0 Å². The Balaban J connectivity index is 1.72. The molecule has 7 heteroatoms. The minimum absolute atomic E-state index is 0.0297. The zero-order valence-corrected chi connectivity index (χ0v) is 16.9. The molecule has 1 aliphatic heterocycles. The van der Waals surface area contributed by atoms with Crippen molar-refractivity contribution in [3.05, 3.63) is 54.5 Å². The Labute approximate surface area is 169 Å². The fraction of sp³-hybridized carbons (Fsp3) is 0.318. The molecule has 0 saturated carbocycles. The van der Waals surface area contributed by atoms with Gasteiger partial charge in [0.25, 0.3) is 5.91 Å². The lowest BCUT2D eigenvalue weighted by Crippen LogP contribution is -2.35. The average molecular weight is 388 g/mol. The standard InChI is InChI=1S/C22H24N6O/c1-25(2)15-9-12-27(14-15)21(29)19-13-18-20(28(19)22-23-10-6-11-24-22)16-7-4-5-8-17(16)26(18)3/h4-8,10-11,13,15H,9,12,14H2,1-3H3/t15-/m1/s1. The van der Waals surface area contributed by atoms with Crippen molar-refractivity contribution in [2.24, 2.45) is 7.05 Å². The van der Waals surface area contributed by atoms with Crippen LogP contribution in [0.25, 0.3) is 27.9 Å². The van der Waals surface area contributed by atoms with Crippen molar-refractivity contribution in [1.82, 2.24) is 28.9 Å². The van der Waals surface area contributed by atoms with E-state index in [9.17, 15) is 4.79 Å². The van der Waals surface area contributed by atoms with E-state index in [4.69, 9.17) is 0 Å². The fourth-order valence-corrected chi connectivity index (χ4v) is 4.39. The SMILES string of the molecule is CN(C)[C@@H]1CCN(C(=O)c2cc3c(c4ccccc4n3C)n2-c2ncccn2)C1. The molecule has 1 aliphatic rings. The van der Waals surface area contributed by atoms with E-state index in [2.05, 4.69) is 45.7 Å². The summed E-state index contributed by atoms with van der Waals surface area (Å²) in [5.41, 5.74) is 3.71. The number of amides is 1. The number of aryl methyl sites for hydroxylation is 1. The topological polar surface area (TPSA) is 59.2 Å². The Hall–Kier alpha value is -3.19. The van der Waals surface area contributed by atoms with E-state index in [-0.39, 0.29) is 5.91 Å². The highest BCUT2D eigenvalue weighted by Crippen LogP contribution is 2.33. The summed E-state index contributed by atoms with van der Waals surface area (Å²) in [6.07, 6.45) is 4.42. The summed E-state index contributed by atoms with van der Waals surface area (Å²) < 4.78 is 4.05. The molecule has 7 nitrogen and oxygen atoms in total. The van der Waals surface area contributed by atoms with E-state index in [1.54, 1.807) is 18.5 Å². The largest absolute Gasteiger partial charge is 0.342 e. The second-order valence-electron chi connectivity index (χ2n) is 7.88. The Kier molecular flexibility index (Phi) is 4.13. The van der Waals surface area contributed by atoms with Gasteiger partial charge in [0.05, 0.1) is 16.6 Å². The number of aromatic nitrogens is 4. The van der Waals surface area contributed by atoms with Gasteiger partial charge >= 0.3 is 0 Å². The van der Waals surface area contributed by atoms with E-state index >= 15 is 0 Å². The number of nitrogens with zero attached hydrogens (tertiary/aromatic N) is 6. The van der Waals surface area contributed by atoms with Crippen molar-refractivity contribution < 1.29 is 4.79 Å². The fourth-order valence-electron chi connectivity index (χ4n) is 4.39. The number of likely N-dealkylation sites (tertiary alicyclic amines) is 1. The summed E-state index contributed by atoms with van der Waals surface area (Å²) in [7, 11) is 6.17. The number of carbonyl (C=O) groups is 1. The molecule has 0 N–H and O–H groups in total. The van der Waals surface area contributed by atoms with Crippen molar-refractivity contribution in [2.75, 3.05) is 27.2 Å². The maximum absolute atomic E-state index is 13.5. The molecule has 0 aliphatic carbocycles. The van der Waals surface area contributed by atoms with Crippen LogP contribution in [0.1, 0.15) is 16.9 Å². The summed E-state index contributed by atoms with van der Waals surface area (Å²) in [4.78, 5) is 26.6. The van der Waals surface area contributed by atoms with Crippen LogP contribution >= 0.6 is 0 Å². The number of benzene rings is 1. The van der Waals surface area contributed by atoms with Crippen LogP contribution in [-0.4, -0.2) is 68.0 Å². The molecule has 1 aromatic carbocycles. The van der Waals surface area contributed by atoms with E-state index in [1.807, 2.05) is 34.7 Å². The van der Waals surface area contributed by atoms with Gasteiger partial charge in [-0.1, -0.05) is 18.2 Å². The number of rotatable bonds is 3. The summed E-state index contributed by atoms with van der Waals surface area (Å²) in [5, 5.41) is 1.09. The maximum atomic E-state index is 13.5. The van der Waals surface area contributed by atoms with Crippen molar-refractivity contribution in [3.8, 4) is 5.95 Å². The highest BCUT2D eigenvalue weighted by atomic mass is 16.2. The van der Waals surface area contributed by atoms with Gasteiger partial charge < -0.3 is 14.4 Å². The second-order valence-corrected chi connectivity index (χ2v) is 7.88. The van der Waals surface area contributed by atoms with Gasteiger partial charge in [-0.3, -0.25) is 9.36 Å². The van der Waals surface area contributed by atoms with Gasteiger partial charge in [-0.05, 0) is 38.7 Å². The van der Waals surface area contributed by atoms with E-state index in [1.165, 1.54) is 0 Å². The van der Waals surface area contributed by atoms with Crippen LogP contribution in [0.4, 0.5) is 0 Å².